The number of aromatic nitrogens is 2. The molecule has 7 heteroatoms. The lowest BCUT2D eigenvalue weighted by atomic mass is 10.2. The van der Waals surface area contributed by atoms with E-state index in [1.54, 1.807) is 22.9 Å². The minimum atomic E-state index is 0.00872. The summed E-state index contributed by atoms with van der Waals surface area (Å²) >= 11 is 9.44. The normalized spacial score (nSPS) is 11.0. The number of benzene rings is 2. The zero-order valence-electron chi connectivity index (χ0n) is 16.4. The van der Waals surface area contributed by atoms with Gasteiger partial charge < -0.3 is 0 Å². The van der Waals surface area contributed by atoms with Crippen LogP contribution in [0, 0.1) is 6.92 Å². The van der Waals surface area contributed by atoms with Crippen LogP contribution < -0.4 is 4.90 Å². The van der Waals surface area contributed by atoms with Crippen molar-refractivity contribution in [1.29, 1.82) is 0 Å². The third-order valence-electron chi connectivity index (χ3n) is 4.60. The lowest BCUT2D eigenvalue weighted by Gasteiger charge is -2.19. The highest BCUT2D eigenvalue weighted by Crippen LogP contribution is 2.36. The highest BCUT2D eigenvalue weighted by Gasteiger charge is 2.22. The molecule has 1 amide bonds. The number of rotatable bonds is 7. The Kier molecular flexibility index (Phi) is 6.67. The van der Waals surface area contributed by atoms with Gasteiger partial charge in [-0.2, -0.15) is 0 Å². The van der Waals surface area contributed by atoms with Gasteiger partial charge in [0, 0.05) is 11.9 Å². The smallest absolute Gasteiger partial charge is 0.239 e. The fourth-order valence-corrected chi connectivity index (χ4v) is 5.22. The molecule has 4 nitrogen and oxygen atoms in total. The number of fused-ring (bicyclic) bond motifs is 1. The standard InChI is InChI=1S/C23H20ClN3OS2/c1-16-10-11-19(24)22-21(16)26-23(30-22)27(13-18-9-5-6-12-25-18)20(28)15-29-14-17-7-3-2-4-8-17/h2-12H,13-15H2,1H3. The quantitative estimate of drug-likeness (QED) is 0.338. The van der Waals surface area contributed by atoms with E-state index in [2.05, 4.69) is 17.1 Å². The zero-order chi connectivity index (χ0) is 20.9. The van der Waals surface area contributed by atoms with E-state index in [0.717, 1.165) is 27.2 Å². The number of carbonyl (C=O) groups excluding carboxylic acids is 1. The van der Waals surface area contributed by atoms with Crippen LogP contribution >= 0.6 is 34.7 Å². The van der Waals surface area contributed by atoms with Gasteiger partial charge in [0.25, 0.3) is 0 Å². The molecule has 0 spiro atoms. The third kappa shape index (κ3) is 4.83. The number of aryl methyl sites for hydroxylation is 1. The van der Waals surface area contributed by atoms with E-state index in [4.69, 9.17) is 16.6 Å². The van der Waals surface area contributed by atoms with Crippen LogP contribution in [0.15, 0.2) is 66.9 Å². The molecule has 0 bridgehead atoms. The Morgan fingerprint density at radius 3 is 2.63 bits per heavy atom. The monoisotopic (exact) mass is 453 g/mol. The summed E-state index contributed by atoms with van der Waals surface area (Å²) in [6.07, 6.45) is 1.74. The molecule has 0 atom stereocenters. The highest BCUT2D eigenvalue weighted by molar-refractivity contribution is 7.99. The van der Waals surface area contributed by atoms with E-state index in [0.29, 0.717) is 22.5 Å². The van der Waals surface area contributed by atoms with Gasteiger partial charge in [0.05, 0.1) is 33.2 Å². The number of thioether (sulfide) groups is 1. The van der Waals surface area contributed by atoms with E-state index in [9.17, 15) is 4.79 Å². The number of thiazole rings is 1. The van der Waals surface area contributed by atoms with E-state index >= 15 is 0 Å². The molecule has 0 saturated carbocycles. The first kappa shape index (κ1) is 20.8. The van der Waals surface area contributed by atoms with Crippen LogP contribution in [0.25, 0.3) is 10.2 Å². The van der Waals surface area contributed by atoms with E-state index in [-0.39, 0.29) is 5.91 Å². The van der Waals surface area contributed by atoms with E-state index in [1.165, 1.54) is 16.9 Å². The first-order valence-electron chi connectivity index (χ1n) is 9.49. The summed E-state index contributed by atoms with van der Waals surface area (Å²) in [7, 11) is 0. The molecule has 2 heterocycles. The molecule has 4 rings (SSSR count). The van der Waals surface area contributed by atoms with Crippen LogP contribution in [0.4, 0.5) is 5.13 Å². The average Bonchev–Trinajstić information content (AvgIpc) is 3.23. The van der Waals surface area contributed by atoms with Gasteiger partial charge in [-0.15, -0.1) is 11.8 Å². The lowest BCUT2D eigenvalue weighted by Crippen LogP contribution is -2.32. The van der Waals surface area contributed by atoms with Gasteiger partial charge in [0.1, 0.15) is 0 Å². The molecule has 0 aliphatic carbocycles. The van der Waals surface area contributed by atoms with Gasteiger partial charge in [-0.05, 0) is 36.2 Å². The van der Waals surface area contributed by atoms with Crippen molar-refractivity contribution in [3.63, 3.8) is 0 Å². The topological polar surface area (TPSA) is 46.1 Å². The Hall–Kier alpha value is -2.41. The van der Waals surface area contributed by atoms with Crippen LogP contribution in [0.2, 0.25) is 5.02 Å². The number of halogens is 1. The summed E-state index contributed by atoms with van der Waals surface area (Å²) in [5.41, 5.74) is 3.91. The van der Waals surface area contributed by atoms with Crippen molar-refractivity contribution >= 4 is 56.0 Å². The van der Waals surface area contributed by atoms with Gasteiger partial charge >= 0.3 is 0 Å². The molecule has 4 aromatic rings. The second-order valence-corrected chi connectivity index (χ2v) is 9.19. The molecule has 2 aromatic heterocycles. The largest absolute Gasteiger partial charge is 0.281 e. The molecule has 2 aromatic carbocycles. The van der Waals surface area contributed by atoms with Gasteiger partial charge in [-0.3, -0.25) is 14.7 Å². The first-order chi connectivity index (χ1) is 14.6. The van der Waals surface area contributed by atoms with Crippen LogP contribution in [-0.2, 0) is 17.1 Å². The van der Waals surface area contributed by atoms with Crippen molar-refractivity contribution in [2.45, 2.75) is 19.2 Å². The van der Waals surface area contributed by atoms with Gasteiger partial charge in [-0.25, -0.2) is 4.98 Å². The van der Waals surface area contributed by atoms with Crippen LogP contribution in [0.5, 0.6) is 0 Å². The van der Waals surface area contributed by atoms with Gasteiger partial charge in [0.2, 0.25) is 5.91 Å². The predicted octanol–water partition coefficient (Wildman–Crippen LogP) is 6.12. The Labute approximate surface area is 188 Å². The average molecular weight is 454 g/mol. The molecule has 0 aliphatic heterocycles. The van der Waals surface area contributed by atoms with E-state index in [1.807, 2.05) is 55.5 Å². The number of pyridine rings is 1. The number of hydrogen-bond donors (Lipinski definition) is 0. The van der Waals surface area contributed by atoms with Crippen LogP contribution in [0.3, 0.4) is 0 Å². The highest BCUT2D eigenvalue weighted by atomic mass is 35.5. The third-order valence-corrected chi connectivity index (χ3v) is 7.13. The maximum absolute atomic E-state index is 13.2. The number of hydrogen-bond acceptors (Lipinski definition) is 5. The fourth-order valence-electron chi connectivity index (χ4n) is 3.03. The number of carbonyl (C=O) groups is 1. The van der Waals surface area contributed by atoms with Crippen LogP contribution in [0.1, 0.15) is 16.8 Å². The summed E-state index contributed by atoms with van der Waals surface area (Å²) in [6, 6.07) is 19.7. The molecule has 0 radical (unpaired) electrons. The predicted molar refractivity (Wildman–Crippen MR) is 127 cm³/mol. The second kappa shape index (κ2) is 9.60. The Morgan fingerprint density at radius 2 is 1.90 bits per heavy atom. The van der Waals surface area contributed by atoms with Crippen molar-refractivity contribution in [3.8, 4) is 0 Å². The second-order valence-electron chi connectivity index (χ2n) is 6.82. The lowest BCUT2D eigenvalue weighted by molar-refractivity contribution is -0.116. The summed E-state index contributed by atoms with van der Waals surface area (Å²) < 4.78 is 0.905. The van der Waals surface area contributed by atoms with Crippen molar-refractivity contribution in [1.82, 2.24) is 9.97 Å². The van der Waals surface area contributed by atoms with Crippen molar-refractivity contribution in [2.75, 3.05) is 10.7 Å². The maximum atomic E-state index is 13.2. The molecule has 0 N–H and O–H groups in total. The van der Waals surface area contributed by atoms with Crippen molar-refractivity contribution < 1.29 is 4.79 Å². The van der Waals surface area contributed by atoms with Crippen LogP contribution in [-0.4, -0.2) is 21.6 Å². The molecule has 30 heavy (non-hydrogen) atoms. The van der Waals surface area contributed by atoms with Gasteiger partial charge in [-0.1, -0.05) is 65.4 Å². The number of nitrogens with zero attached hydrogens (tertiary/aromatic N) is 3. The Morgan fingerprint density at radius 1 is 1.10 bits per heavy atom. The summed E-state index contributed by atoms with van der Waals surface area (Å²) in [5.74, 6) is 1.16. The molecule has 0 aliphatic rings. The number of amides is 1. The minimum Gasteiger partial charge on any atom is -0.281 e. The molecule has 0 fully saturated rings. The summed E-state index contributed by atoms with van der Waals surface area (Å²) in [5, 5.41) is 1.31. The fraction of sp³-hybridized carbons (Fsp3) is 0.174. The van der Waals surface area contributed by atoms with E-state index < -0.39 is 0 Å². The zero-order valence-corrected chi connectivity index (χ0v) is 18.8. The number of anilines is 1. The summed E-state index contributed by atoms with van der Waals surface area (Å²) in [6.45, 7) is 2.38. The Bertz CT molecular complexity index is 1110. The molecule has 0 saturated heterocycles. The molecular formula is C23H20ClN3OS2. The first-order valence-corrected chi connectivity index (χ1v) is 11.8. The Balaban J connectivity index is 1.58. The molecular weight excluding hydrogens is 434 g/mol. The van der Waals surface area contributed by atoms with Gasteiger partial charge in [0.15, 0.2) is 5.13 Å². The molecule has 152 valence electrons. The SMILES string of the molecule is Cc1ccc(Cl)c2sc(N(Cc3ccccn3)C(=O)CSCc3ccccc3)nc12. The van der Waals surface area contributed by atoms with Crippen molar-refractivity contribution in [2.24, 2.45) is 0 Å². The van der Waals surface area contributed by atoms with Crippen molar-refractivity contribution in [3.05, 3.63) is 88.7 Å². The molecule has 0 unspecified atom stereocenters. The maximum Gasteiger partial charge on any atom is 0.239 e. The minimum absolute atomic E-state index is 0.00872. The summed E-state index contributed by atoms with van der Waals surface area (Å²) in [4.78, 5) is 24.1.